The van der Waals surface area contributed by atoms with Crippen LogP contribution in [0.3, 0.4) is 0 Å². The number of hydrogen-bond acceptors (Lipinski definition) is 9. The second-order valence-corrected chi connectivity index (χ2v) is 14.6. The van der Waals surface area contributed by atoms with Crippen LogP contribution >= 0.6 is 0 Å². The normalized spacial score (nSPS) is 14.4. The minimum Gasteiger partial charge on any atom is -0.493 e. The van der Waals surface area contributed by atoms with E-state index in [1.54, 1.807) is 84.6 Å². The maximum absolute atomic E-state index is 13.5. The number of carbonyl (C=O) groups excluding carboxylic acids is 4. The number of imidazole rings is 1. The van der Waals surface area contributed by atoms with Crippen LogP contribution in [0.15, 0.2) is 102 Å². The fraction of sp³-hybridized carbons (Fsp3) is 0.205. The number of amides is 3. The summed E-state index contributed by atoms with van der Waals surface area (Å²) in [6.07, 6.45) is 7.92. The van der Waals surface area contributed by atoms with E-state index < -0.39 is 11.9 Å². The zero-order valence-corrected chi connectivity index (χ0v) is 33.0. The number of carbonyl (C=O) groups is 5. The summed E-state index contributed by atoms with van der Waals surface area (Å²) in [5, 5.41) is 15.5. The zero-order chi connectivity index (χ0) is 42.2. The van der Waals surface area contributed by atoms with Gasteiger partial charge in [-0.3, -0.25) is 28.7 Å². The van der Waals surface area contributed by atoms with Gasteiger partial charge in [-0.1, -0.05) is 24.3 Å². The van der Waals surface area contributed by atoms with E-state index in [1.807, 2.05) is 18.3 Å². The Bertz CT molecular complexity index is 2780. The molecule has 2 aliphatic heterocycles. The molecule has 3 aromatic heterocycles. The second-order valence-electron chi connectivity index (χ2n) is 14.6. The van der Waals surface area contributed by atoms with Crippen molar-refractivity contribution in [3.8, 4) is 22.6 Å². The highest BCUT2D eigenvalue weighted by Gasteiger charge is 2.34. The van der Waals surface area contributed by atoms with Crippen LogP contribution in [0.2, 0.25) is 0 Å². The highest BCUT2D eigenvalue weighted by molar-refractivity contribution is 6.05. The molecule has 1 atom stereocenters. The number of nitrogens with zero attached hydrogens (tertiary/aromatic N) is 6. The first-order valence-corrected chi connectivity index (χ1v) is 19.0. The summed E-state index contributed by atoms with van der Waals surface area (Å²) in [6.45, 7) is 4.69. The van der Waals surface area contributed by atoms with Crippen LogP contribution in [0, 0.1) is 0 Å². The first-order valence-electron chi connectivity index (χ1n) is 19.0. The Morgan fingerprint density at radius 2 is 1.73 bits per heavy atom. The highest BCUT2D eigenvalue weighted by atomic mass is 16.5. The summed E-state index contributed by atoms with van der Waals surface area (Å²) in [5.41, 5.74) is 5.17. The lowest BCUT2D eigenvalue weighted by Crippen LogP contribution is -2.35. The molecular weight excluding hydrogens is 769 g/mol. The Kier molecular flexibility index (Phi) is 10.4. The molecule has 1 saturated heterocycles. The number of benzene rings is 3. The van der Waals surface area contributed by atoms with Crippen molar-refractivity contribution in [1.82, 2.24) is 23.6 Å². The minimum absolute atomic E-state index is 0.0856. The van der Waals surface area contributed by atoms with Crippen molar-refractivity contribution in [2.45, 2.75) is 25.3 Å². The quantitative estimate of drug-likeness (QED) is 0.0939. The van der Waals surface area contributed by atoms with Gasteiger partial charge in [0.1, 0.15) is 5.69 Å². The average molecular weight is 809 g/mol. The van der Waals surface area contributed by atoms with E-state index >= 15 is 0 Å². The van der Waals surface area contributed by atoms with Crippen molar-refractivity contribution < 1.29 is 38.6 Å². The third kappa shape index (κ3) is 7.65. The van der Waals surface area contributed by atoms with Crippen molar-refractivity contribution in [3.05, 3.63) is 120 Å². The molecule has 0 radical (unpaired) electrons. The predicted octanol–water partition coefficient (Wildman–Crippen LogP) is 6.31. The number of ether oxygens (including phenoxy) is 2. The zero-order valence-electron chi connectivity index (χ0n) is 33.0. The number of anilines is 2. The number of hydrogen-bond donors (Lipinski definition) is 3. The topological polar surface area (TPSA) is 191 Å². The van der Waals surface area contributed by atoms with Gasteiger partial charge in [-0.15, -0.1) is 0 Å². The van der Waals surface area contributed by atoms with Gasteiger partial charge in [0.25, 0.3) is 17.7 Å². The standard InChI is InChI=1S/C44H40N8O8/c1-25-16-31-21-45-33-20-37(36(59-4)19-32(33)42(55)52(31)22-25)60-15-5-6-39(53)47-38-24-50(3)40(48-38)41(54)46-30-10-7-26(8-11-30)29-18-35(49(2)23-29)43(56)51-14-13-27-17-28(44(57)58)9-12-34(27)51/h7-14,17-21,23-24,31H,1,5-6,15-16,22H2,2-4H3,(H,46,54)(H,47,53)(H,57,58). The van der Waals surface area contributed by atoms with Gasteiger partial charge in [0, 0.05) is 74.6 Å². The number of nitrogens with one attached hydrogen (secondary N) is 2. The van der Waals surface area contributed by atoms with Gasteiger partial charge in [0.05, 0.1) is 42.1 Å². The Morgan fingerprint density at radius 1 is 0.933 bits per heavy atom. The number of carboxylic acids is 1. The Hall–Kier alpha value is -7.75. The molecule has 5 heterocycles. The Labute approximate surface area is 343 Å². The van der Waals surface area contributed by atoms with Crippen LogP contribution in [0.4, 0.5) is 17.2 Å². The van der Waals surface area contributed by atoms with Crippen LogP contribution in [0.25, 0.3) is 22.0 Å². The molecule has 60 heavy (non-hydrogen) atoms. The van der Waals surface area contributed by atoms with Crippen LogP contribution in [-0.4, -0.2) is 90.8 Å². The first-order chi connectivity index (χ1) is 28.9. The molecule has 2 aliphatic rings. The third-order valence-electron chi connectivity index (χ3n) is 10.5. The molecule has 1 unspecified atom stereocenters. The lowest BCUT2D eigenvalue weighted by atomic mass is 10.1. The van der Waals surface area contributed by atoms with E-state index in [1.165, 1.54) is 28.4 Å². The summed E-state index contributed by atoms with van der Waals surface area (Å²) in [6, 6.07) is 18.4. The van der Waals surface area contributed by atoms with Gasteiger partial charge < -0.3 is 39.2 Å². The van der Waals surface area contributed by atoms with E-state index in [2.05, 4.69) is 27.2 Å². The number of aromatic nitrogens is 4. The lowest BCUT2D eigenvalue weighted by molar-refractivity contribution is -0.116. The van der Waals surface area contributed by atoms with Crippen molar-refractivity contribution in [2.24, 2.45) is 19.1 Å². The molecule has 3 N–H and O–H groups in total. The summed E-state index contributed by atoms with van der Waals surface area (Å²) < 4.78 is 16.2. The van der Waals surface area contributed by atoms with Crippen LogP contribution in [-0.2, 0) is 18.9 Å². The molecular formula is C44H40N8O8. The van der Waals surface area contributed by atoms with Crippen LogP contribution in [0.1, 0.15) is 61.1 Å². The molecule has 16 nitrogen and oxygen atoms in total. The molecule has 3 amide bonds. The minimum atomic E-state index is -1.04. The summed E-state index contributed by atoms with van der Waals surface area (Å²) in [5.74, 6) is -1.14. The molecule has 8 rings (SSSR count). The number of rotatable bonds is 12. The Balaban J connectivity index is 0.841. The molecule has 0 aliphatic carbocycles. The number of carboxylic acid groups (broad SMARTS) is 1. The lowest BCUT2D eigenvalue weighted by Gasteiger charge is -2.20. The van der Waals surface area contributed by atoms with Gasteiger partial charge in [0.2, 0.25) is 11.7 Å². The maximum atomic E-state index is 13.5. The first kappa shape index (κ1) is 39.1. The fourth-order valence-electron chi connectivity index (χ4n) is 7.41. The van der Waals surface area contributed by atoms with Gasteiger partial charge in [-0.05, 0) is 66.9 Å². The average Bonchev–Trinajstić information content (AvgIpc) is 4.01. The molecule has 16 heteroatoms. The molecule has 6 aromatic rings. The van der Waals surface area contributed by atoms with E-state index in [4.69, 9.17) is 9.47 Å². The maximum Gasteiger partial charge on any atom is 0.335 e. The number of aliphatic imine (C=N–C) groups is 1. The van der Waals surface area contributed by atoms with E-state index in [-0.39, 0.29) is 54.0 Å². The van der Waals surface area contributed by atoms with Gasteiger partial charge >= 0.3 is 5.97 Å². The SMILES string of the molecule is C=C1CC2C=Nc3cc(OCCCC(=O)Nc4cn(C)c(C(=O)Nc5ccc(-c6cc(C(=O)n7ccc8cc(C(=O)O)ccc87)n(C)c6)cc5)n4)c(OC)cc3C(=O)N2C1. The molecule has 0 bridgehead atoms. The van der Waals surface area contributed by atoms with Crippen LogP contribution in [0.5, 0.6) is 11.5 Å². The molecule has 0 spiro atoms. The molecule has 1 fully saturated rings. The van der Waals surface area contributed by atoms with Crippen molar-refractivity contribution in [3.63, 3.8) is 0 Å². The van der Waals surface area contributed by atoms with Crippen molar-refractivity contribution >= 4 is 63.9 Å². The summed E-state index contributed by atoms with van der Waals surface area (Å²) in [4.78, 5) is 74.8. The van der Waals surface area contributed by atoms with Gasteiger partial charge in [-0.2, -0.15) is 0 Å². The number of aryl methyl sites for hydroxylation is 2. The van der Waals surface area contributed by atoms with Crippen LogP contribution < -0.4 is 20.1 Å². The molecule has 0 saturated carbocycles. The van der Waals surface area contributed by atoms with Crippen molar-refractivity contribution in [2.75, 3.05) is 30.9 Å². The van der Waals surface area contributed by atoms with E-state index in [0.717, 1.165) is 16.7 Å². The van der Waals surface area contributed by atoms with E-state index in [0.29, 0.717) is 64.4 Å². The summed E-state index contributed by atoms with van der Waals surface area (Å²) in [7, 11) is 4.92. The fourth-order valence-corrected chi connectivity index (χ4v) is 7.41. The predicted molar refractivity (Wildman–Crippen MR) is 224 cm³/mol. The number of fused-ring (bicyclic) bond motifs is 3. The monoisotopic (exact) mass is 808 g/mol. The van der Waals surface area contributed by atoms with Gasteiger partial charge in [0.15, 0.2) is 17.3 Å². The van der Waals surface area contributed by atoms with E-state index in [9.17, 15) is 29.1 Å². The third-order valence-corrected chi connectivity index (χ3v) is 10.5. The van der Waals surface area contributed by atoms with Crippen molar-refractivity contribution in [1.29, 1.82) is 0 Å². The molecule has 304 valence electrons. The largest absolute Gasteiger partial charge is 0.493 e. The smallest absolute Gasteiger partial charge is 0.335 e. The molecule has 3 aromatic carbocycles. The second kappa shape index (κ2) is 15.9. The summed E-state index contributed by atoms with van der Waals surface area (Å²) >= 11 is 0. The number of methoxy groups -OCH3 is 1. The Morgan fingerprint density at radius 3 is 2.50 bits per heavy atom. The number of aromatic carboxylic acids is 1. The highest BCUT2D eigenvalue weighted by Crippen LogP contribution is 2.38. The van der Waals surface area contributed by atoms with Gasteiger partial charge in [-0.25, -0.2) is 9.78 Å².